The summed E-state index contributed by atoms with van der Waals surface area (Å²) >= 11 is 12.5. The van der Waals surface area contributed by atoms with E-state index in [2.05, 4.69) is 48.2 Å². The summed E-state index contributed by atoms with van der Waals surface area (Å²) in [4.78, 5) is 4.34. The van der Waals surface area contributed by atoms with Crippen LogP contribution in [0.4, 0.5) is 11.8 Å². The highest BCUT2D eigenvalue weighted by atomic mass is 35.5. The van der Waals surface area contributed by atoms with Crippen LogP contribution in [-0.4, -0.2) is 46.6 Å². The molecule has 0 radical (unpaired) electrons. The molecule has 29 heavy (non-hydrogen) atoms. The highest BCUT2D eigenvalue weighted by Gasteiger charge is 2.25. The molecule has 0 saturated carbocycles. The van der Waals surface area contributed by atoms with E-state index in [9.17, 15) is 0 Å². The van der Waals surface area contributed by atoms with Gasteiger partial charge in [-0.1, -0.05) is 35.3 Å². The van der Waals surface area contributed by atoms with E-state index in [0.717, 1.165) is 12.8 Å². The first-order valence-corrected chi connectivity index (χ1v) is 10.2. The van der Waals surface area contributed by atoms with Gasteiger partial charge in [-0.3, -0.25) is 0 Å². The van der Waals surface area contributed by atoms with E-state index in [1.807, 2.05) is 6.07 Å². The Balaban J connectivity index is 2.16. The number of anilines is 2. The van der Waals surface area contributed by atoms with Gasteiger partial charge in [-0.05, 0) is 46.6 Å². The zero-order valence-corrected chi connectivity index (χ0v) is 19.1. The zero-order valence-electron chi connectivity index (χ0n) is 17.6. The summed E-state index contributed by atoms with van der Waals surface area (Å²) in [5, 5.41) is 12.3. The van der Waals surface area contributed by atoms with Crippen molar-refractivity contribution in [1.82, 2.24) is 15.2 Å². The first kappa shape index (κ1) is 23.6. The molecule has 2 rings (SSSR count). The van der Waals surface area contributed by atoms with Gasteiger partial charge in [0.1, 0.15) is 5.69 Å². The minimum atomic E-state index is -0.348. The van der Waals surface area contributed by atoms with Gasteiger partial charge in [-0.25, -0.2) is 0 Å². The molecule has 2 aromatic rings. The molecule has 0 bridgehead atoms. The van der Waals surface area contributed by atoms with Gasteiger partial charge < -0.3 is 20.5 Å². The Morgan fingerprint density at radius 1 is 1.07 bits per heavy atom. The van der Waals surface area contributed by atoms with Crippen molar-refractivity contribution in [2.45, 2.75) is 51.7 Å². The van der Waals surface area contributed by atoms with Crippen LogP contribution in [0.25, 0.3) is 11.3 Å². The van der Waals surface area contributed by atoms with Gasteiger partial charge in [0, 0.05) is 31.4 Å². The fraction of sp³-hybridized carbons (Fsp3) is 0.550. The molecule has 0 aliphatic heterocycles. The Hall–Kier alpha value is -1.67. The molecule has 0 aliphatic rings. The first-order valence-electron chi connectivity index (χ1n) is 9.40. The van der Waals surface area contributed by atoms with Crippen molar-refractivity contribution in [1.29, 1.82) is 0 Å². The number of hydrogen-bond acceptors (Lipinski definition) is 7. The smallest absolute Gasteiger partial charge is 0.242 e. The highest BCUT2D eigenvalue weighted by Crippen LogP contribution is 2.36. The van der Waals surface area contributed by atoms with Crippen molar-refractivity contribution in [2.75, 3.05) is 31.4 Å². The molecule has 0 fully saturated rings. The van der Waals surface area contributed by atoms with Gasteiger partial charge in [0.15, 0.2) is 5.82 Å². The van der Waals surface area contributed by atoms with Gasteiger partial charge in [-0.2, -0.15) is 4.98 Å². The third-order valence-corrected chi connectivity index (χ3v) is 5.31. The third kappa shape index (κ3) is 6.96. The molecule has 160 valence electrons. The molecule has 9 heteroatoms. The summed E-state index contributed by atoms with van der Waals surface area (Å²) in [6.45, 7) is 9.45. The Labute approximate surface area is 182 Å². The molecule has 0 amide bonds. The number of nitrogen functional groups attached to an aromatic ring is 1. The first-order chi connectivity index (χ1) is 13.5. The minimum absolute atomic E-state index is 0.0714. The maximum atomic E-state index is 6.37. The molecule has 3 N–H and O–H groups in total. The standard InChI is InChI=1S/C20H29Cl2N5O2/c1-19(2,9-12-29-20(3,4)10-11-28-5)25-17-16(26-27-18(23)24-17)13-7-6-8-14(21)15(13)22/h6-8H,9-12H2,1-5H3,(H3,23,24,25,27). The van der Waals surface area contributed by atoms with E-state index in [1.54, 1.807) is 19.2 Å². The van der Waals surface area contributed by atoms with Crippen molar-refractivity contribution < 1.29 is 9.47 Å². The summed E-state index contributed by atoms with van der Waals surface area (Å²) in [6, 6.07) is 5.33. The molecule has 0 saturated heterocycles. The lowest BCUT2D eigenvalue weighted by molar-refractivity contribution is -0.0406. The van der Waals surface area contributed by atoms with Gasteiger partial charge in [0.05, 0.1) is 15.6 Å². The van der Waals surface area contributed by atoms with E-state index in [1.165, 1.54) is 0 Å². The van der Waals surface area contributed by atoms with Crippen LogP contribution >= 0.6 is 23.2 Å². The van der Waals surface area contributed by atoms with Crippen molar-refractivity contribution in [3.63, 3.8) is 0 Å². The van der Waals surface area contributed by atoms with Gasteiger partial charge in [-0.15, -0.1) is 10.2 Å². The number of nitrogens with one attached hydrogen (secondary N) is 1. The van der Waals surface area contributed by atoms with Gasteiger partial charge in [0.25, 0.3) is 0 Å². The molecule has 1 heterocycles. The Bertz CT molecular complexity index is 831. The molecule has 1 aromatic carbocycles. The minimum Gasteiger partial charge on any atom is -0.385 e. The summed E-state index contributed by atoms with van der Waals surface area (Å²) in [6.07, 6.45) is 1.55. The van der Waals surface area contributed by atoms with E-state index in [-0.39, 0.29) is 17.1 Å². The molecule has 1 aromatic heterocycles. The largest absolute Gasteiger partial charge is 0.385 e. The molecule has 7 nitrogen and oxygen atoms in total. The Morgan fingerprint density at radius 3 is 2.48 bits per heavy atom. The zero-order chi connectivity index (χ0) is 21.7. The van der Waals surface area contributed by atoms with Crippen LogP contribution in [0.5, 0.6) is 0 Å². The van der Waals surface area contributed by atoms with Crippen LogP contribution in [-0.2, 0) is 9.47 Å². The number of nitrogens with two attached hydrogens (primary N) is 1. The number of hydrogen-bond donors (Lipinski definition) is 2. The van der Waals surface area contributed by atoms with Crippen LogP contribution in [0.1, 0.15) is 40.5 Å². The number of methoxy groups -OCH3 is 1. The van der Waals surface area contributed by atoms with Crippen molar-refractivity contribution >= 4 is 35.0 Å². The summed E-state index contributed by atoms with van der Waals surface area (Å²) in [7, 11) is 1.69. The summed E-state index contributed by atoms with van der Waals surface area (Å²) in [5.41, 5.74) is 6.29. The van der Waals surface area contributed by atoms with Crippen LogP contribution in [0.2, 0.25) is 10.0 Å². The topological polar surface area (TPSA) is 95.2 Å². The van der Waals surface area contributed by atoms with Gasteiger partial charge >= 0.3 is 0 Å². The van der Waals surface area contributed by atoms with Crippen molar-refractivity contribution in [3.8, 4) is 11.3 Å². The van der Waals surface area contributed by atoms with E-state index in [0.29, 0.717) is 40.3 Å². The van der Waals surface area contributed by atoms with Gasteiger partial charge in [0.2, 0.25) is 5.95 Å². The Kier molecular flexibility index (Phi) is 8.05. The van der Waals surface area contributed by atoms with Crippen LogP contribution < -0.4 is 11.1 Å². The van der Waals surface area contributed by atoms with Crippen molar-refractivity contribution in [2.24, 2.45) is 0 Å². The molecule has 0 aliphatic carbocycles. The quantitative estimate of drug-likeness (QED) is 0.544. The molecule has 0 spiro atoms. The monoisotopic (exact) mass is 441 g/mol. The third-order valence-electron chi connectivity index (χ3n) is 4.49. The maximum absolute atomic E-state index is 6.37. The van der Waals surface area contributed by atoms with E-state index < -0.39 is 0 Å². The molecule has 0 unspecified atom stereocenters. The lowest BCUT2D eigenvalue weighted by Gasteiger charge is -2.31. The number of ether oxygens (including phenoxy) is 2. The maximum Gasteiger partial charge on any atom is 0.242 e. The number of nitrogens with zero attached hydrogens (tertiary/aromatic N) is 3. The predicted molar refractivity (Wildman–Crippen MR) is 119 cm³/mol. The second-order valence-corrected chi connectivity index (χ2v) is 8.86. The fourth-order valence-electron chi connectivity index (χ4n) is 2.68. The average molecular weight is 442 g/mol. The van der Waals surface area contributed by atoms with Crippen LogP contribution in [0.3, 0.4) is 0 Å². The fourth-order valence-corrected chi connectivity index (χ4v) is 3.07. The van der Waals surface area contributed by atoms with E-state index >= 15 is 0 Å². The number of benzene rings is 1. The summed E-state index contributed by atoms with van der Waals surface area (Å²) in [5.74, 6) is 0.562. The normalized spacial score (nSPS) is 12.2. The SMILES string of the molecule is COCCC(C)(C)OCCC(C)(C)Nc1nc(N)nnc1-c1cccc(Cl)c1Cl. The molecule has 0 atom stereocenters. The average Bonchev–Trinajstić information content (AvgIpc) is 2.62. The second kappa shape index (κ2) is 9.89. The molecular weight excluding hydrogens is 413 g/mol. The van der Waals surface area contributed by atoms with E-state index in [4.69, 9.17) is 38.4 Å². The summed E-state index contributed by atoms with van der Waals surface area (Å²) < 4.78 is 11.2. The highest BCUT2D eigenvalue weighted by molar-refractivity contribution is 6.43. The predicted octanol–water partition coefficient (Wildman–Crippen LogP) is 4.84. The lowest BCUT2D eigenvalue weighted by Crippen LogP contribution is -2.35. The number of aromatic nitrogens is 3. The second-order valence-electron chi connectivity index (χ2n) is 8.08. The number of rotatable bonds is 10. The lowest BCUT2D eigenvalue weighted by atomic mass is 10.00. The number of halogens is 2. The Morgan fingerprint density at radius 2 is 1.79 bits per heavy atom. The van der Waals surface area contributed by atoms with Crippen LogP contribution in [0.15, 0.2) is 18.2 Å². The van der Waals surface area contributed by atoms with Crippen molar-refractivity contribution in [3.05, 3.63) is 28.2 Å². The molecular formula is C20H29Cl2N5O2. The van der Waals surface area contributed by atoms with Crippen LogP contribution in [0, 0.1) is 0 Å².